The maximum absolute atomic E-state index is 10.1. The van der Waals surface area contributed by atoms with Gasteiger partial charge in [-0.3, -0.25) is 0 Å². The number of hydrogen-bond donors (Lipinski definition) is 2. The molecule has 0 amide bonds. The number of nitrogens with two attached hydrogens (primary N) is 1. The first kappa shape index (κ1) is 13.4. The van der Waals surface area contributed by atoms with Crippen molar-refractivity contribution in [3.05, 3.63) is 29.3 Å². The molecule has 1 aromatic rings. The number of benzene rings is 1. The van der Waals surface area contributed by atoms with E-state index >= 15 is 0 Å². The van der Waals surface area contributed by atoms with Gasteiger partial charge in [-0.25, -0.2) is 0 Å². The van der Waals surface area contributed by atoms with Crippen LogP contribution in [0.3, 0.4) is 0 Å². The molecule has 3 N–H and O–H groups in total. The van der Waals surface area contributed by atoms with Gasteiger partial charge >= 0.3 is 0 Å². The molecule has 0 radical (unpaired) electrons. The molecule has 0 saturated carbocycles. The van der Waals surface area contributed by atoms with E-state index in [2.05, 4.69) is 6.07 Å². The number of aryl methyl sites for hydroxylation is 1. The number of ether oxygens (including phenoxy) is 1. The summed E-state index contributed by atoms with van der Waals surface area (Å²) < 4.78 is 5.70. The first-order valence-electron chi connectivity index (χ1n) is 6.64. The van der Waals surface area contributed by atoms with E-state index < -0.39 is 5.60 Å². The molecule has 3 heteroatoms. The summed E-state index contributed by atoms with van der Waals surface area (Å²) in [5.41, 5.74) is 7.72. The quantitative estimate of drug-likeness (QED) is 0.861. The maximum atomic E-state index is 10.1. The molecule has 0 spiro atoms. The molecule has 2 atom stereocenters. The average Bonchev–Trinajstić information content (AvgIpc) is 2.68. The lowest BCUT2D eigenvalue weighted by atomic mass is 9.94. The minimum absolute atomic E-state index is 0.167. The van der Waals surface area contributed by atoms with Gasteiger partial charge in [-0.05, 0) is 48.9 Å². The third-order valence-corrected chi connectivity index (χ3v) is 4.01. The van der Waals surface area contributed by atoms with Crippen molar-refractivity contribution in [2.75, 3.05) is 6.61 Å². The zero-order valence-corrected chi connectivity index (χ0v) is 11.4. The fourth-order valence-corrected chi connectivity index (χ4v) is 2.11. The van der Waals surface area contributed by atoms with Gasteiger partial charge in [-0.15, -0.1) is 0 Å². The van der Waals surface area contributed by atoms with Gasteiger partial charge in [0, 0.05) is 6.04 Å². The van der Waals surface area contributed by atoms with Crippen LogP contribution in [0.5, 0.6) is 5.75 Å². The van der Waals surface area contributed by atoms with Crippen LogP contribution in [0.15, 0.2) is 18.2 Å². The second-order valence-corrected chi connectivity index (χ2v) is 5.81. The van der Waals surface area contributed by atoms with E-state index in [1.807, 2.05) is 26.0 Å². The summed E-state index contributed by atoms with van der Waals surface area (Å²) in [6.07, 6.45) is 2.04. The molecule has 1 aliphatic carbocycles. The summed E-state index contributed by atoms with van der Waals surface area (Å²) in [4.78, 5) is 0. The summed E-state index contributed by atoms with van der Waals surface area (Å²) in [6, 6.07) is 6.22. The molecule has 0 aliphatic heterocycles. The van der Waals surface area contributed by atoms with Gasteiger partial charge in [-0.2, -0.15) is 0 Å². The Kier molecular flexibility index (Phi) is 3.64. The Morgan fingerprint density at radius 2 is 2.22 bits per heavy atom. The van der Waals surface area contributed by atoms with Gasteiger partial charge in [0.1, 0.15) is 12.4 Å². The van der Waals surface area contributed by atoms with Gasteiger partial charge in [0.15, 0.2) is 0 Å². The van der Waals surface area contributed by atoms with Crippen LogP contribution in [0.1, 0.15) is 44.4 Å². The van der Waals surface area contributed by atoms with E-state index in [0.29, 0.717) is 6.61 Å². The Hall–Kier alpha value is -1.06. The van der Waals surface area contributed by atoms with Crippen LogP contribution in [0.4, 0.5) is 0 Å². The molecule has 100 valence electrons. The number of aliphatic hydroxyl groups is 1. The third kappa shape index (κ3) is 2.68. The third-order valence-electron chi connectivity index (χ3n) is 4.01. The largest absolute Gasteiger partial charge is 0.491 e. The molecule has 1 aromatic carbocycles. The summed E-state index contributed by atoms with van der Waals surface area (Å²) in [5, 5.41) is 10.1. The first-order valence-corrected chi connectivity index (χ1v) is 6.64. The Morgan fingerprint density at radius 3 is 2.89 bits per heavy atom. The first-order chi connectivity index (χ1) is 8.40. The van der Waals surface area contributed by atoms with E-state index in [-0.39, 0.29) is 12.0 Å². The topological polar surface area (TPSA) is 55.5 Å². The molecule has 0 aromatic heterocycles. The molecule has 0 heterocycles. The maximum Gasteiger partial charge on any atom is 0.119 e. The molecule has 18 heavy (non-hydrogen) atoms. The summed E-state index contributed by atoms with van der Waals surface area (Å²) in [5.74, 6) is 0.990. The number of rotatable bonds is 4. The molecule has 0 saturated heterocycles. The molecule has 0 bridgehead atoms. The van der Waals surface area contributed by atoms with Gasteiger partial charge < -0.3 is 15.6 Å². The van der Waals surface area contributed by atoms with Crippen LogP contribution in [0.25, 0.3) is 0 Å². The van der Waals surface area contributed by atoms with Crippen molar-refractivity contribution in [3.63, 3.8) is 0 Å². The van der Waals surface area contributed by atoms with Gasteiger partial charge in [-0.1, -0.05) is 19.9 Å². The molecule has 1 unspecified atom stereocenters. The lowest BCUT2D eigenvalue weighted by Crippen LogP contribution is -2.37. The second kappa shape index (κ2) is 4.90. The summed E-state index contributed by atoms with van der Waals surface area (Å²) in [6.45, 7) is 6.10. The Labute approximate surface area is 109 Å². The second-order valence-electron chi connectivity index (χ2n) is 5.81. The highest BCUT2D eigenvalue weighted by molar-refractivity contribution is 5.40. The summed E-state index contributed by atoms with van der Waals surface area (Å²) in [7, 11) is 0. The highest BCUT2D eigenvalue weighted by Crippen LogP contribution is 2.32. The van der Waals surface area contributed by atoms with Crippen molar-refractivity contribution < 1.29 is 9.84 Å². The van der Waals surface area contributed by atoms with E-state index in [9.17, 15) is 5.11 Å². The normalized spacial score (nSPS) is 21.8. The van der Waals surface area contributed by atoms with Crippen LogP contribution in [0.2, 0.25) is 0 Å². The molecule has 0 fully saturated rings. The number of hydrogen-bond acceptors (Lipinski definition) is 3. The Balaban J connectivity index is 2.04. The molecule has 1 aliphatic rings. The predicted molar refractivity (Wildman–Crippen MR) is 72.6 cm³/mol. The Bertz CT molecular complexity index is 427. The zero-order chi connectivity index (χ0) is 13.3. The van der Waals surface area contributed by atoms with E-state index in [4.69, 9.17) is 10.5 Å². The smallest absolute Gasteiger partial charge is 0.119 e. The van der Waals surface area contributed by atoms with Gasteiger partial charge in [0.05, 0.1) is 5.60 Å². The fraction of sp³-hybridized carbons (Fsp3) is 0.600. The van der Waals surface area contributed by atoms with Crippen molar-refractivity contribution in [1.29, 1.82) is 0 Å². The monoisotopic (exact) mass is 249 g/mol. The molecular weight excluding hydrogens is 226 g/mol. The minimum Gasteiger partial charge on any atom is -0.491 e. The van der Waals surface area contributed by atoms with E-state index in [1.165, 1.54) is 11.1 Å². The van der Waals surface area contributed by atoms with Crippen LogP contribution < -0.4 is 10.5 Å². The van der Waals surface area contributed by atoms with Crippen molar-refractivity contribution in [1.82, 2.24) is 0 Å². The van der Waals surface area contributed by atoms with Crippen molar-refractivity contribution in [3.8, 4) is 5.75 Å². The lowest BCUT2D eigenvalue weighted by molar-refractivity contribution is -0.0266. The van der Waals surface area contributed by atoms with Gasteiger partial charge in [0.25, 0.3) is 0 Å². The standard InChI is InChI=1S/C15H23NO2/c1-10(2)15(3,17)9-18-12-5-6-13-11(8-12)4-7-14(13)16/h5-6,8,10,14,17H,4,7,9,16H2,1-3H3/t14-,15?/m0/s1. The fourth-order valence-electron chi connectivity index (χ4n) is 2.11. The average molecular weight is 249 g/mol. The van der Waals surface area contributed by atoms with Crippen LogP contribution in [-0.2, 0) is 6.42 Å². The summed E-state index contributed by atoms with van der Waals surface area (Å²) >= 11 is 0. The van der Waals surface area contributed by atoms with Crippen LogP contribution in [-0.4, -0.2) is 17.3 Å². The van der Waals surface area contributed by atoms with Crippen LogP contribution in [0, 0.1) is 5.92 Å². The highest BCUT2D eigenvalue weighted by atomic mass is 16.5. The molecule has 2 rings (SSSR count). The van der Waals surface area contributed by atoms with Crippen molar-refractivity contribution in [2.24, 2.45) is 11.7 Å². The molecular formula is C15H23NO2. The van der Waals surface area contributed by atoms with Gasteiger partial charge in [0.2, 0.25) is 0 Å². The molecule has 3 nitrogen and oxygen atoms in total. The van der Waals surface area contributed by atoms with Crippen molar-refractivity contribution in [2.45, 2.75) is 45.3 Å². The minimum atomic E-state index is -0.796. The van der Waals surface area contributed by atoms with E-state index in [1.54, 1.807) is 6.92 Å². The number of fused-ring (bicyclic) bond motifs is 1. The lowest BCUT2D eigenvalue weighted by Gasteiger charge is -2.27. The SMILES string of the molecule is CC(C)C(C)(O)COc1ccc2c(c1)CC[C@@H]2N. The highest BCUT2D eigenvalue weighted by Gasteiger charge is 2.26. The zero-order valence-electron chi connectivity index (χ0n) is 11.4. The van der Waals surface area contributed by atoms with Crippen LogP contribution >= 0.6 is 0 Å². The van der Waals surface area contributed by atoms with E-state index in [0.717, 1.165) is 18.6 Å². The Morgan fingerprint density at radius 1 is 1.50 bits per heavy atom. The predicted octanol–water partition coefficient (Wildman–Crippen LogP) is 2.42. The van der Waals surface area contributed by atoms with Crippen molar-refractivity contribution >= 4 is 0 Å².